The molecular formula is C14H17N3O. The summed E-state index contributed by atoms with van der Waals surface area (Å²) in [5.41, 5.74) is 1.09. The van der Waals surface area contributed by atoms with Gasteiger partial charge in [-0.05, 0) is 38.4 Å². The van der Waals surface area contributed by atoms with Crippen LogP contribution in [0.4, 0.5) is 5.69 Å². The third-order valence-electron chi connectivity index (χ3n) is 3.36. The summed E-state index contributed by atoms with van der Waals surface area (Å²) in [6.45, 7) is 3.53. The summed E-state index contributed by atoms with van der Waals surface area (Å²) < 4.78 is 0. The molecule has 1 N–H and O–H groups in total. The monoisotopic (exact) mass is 243 g/mol. The molecule has 1 aliphatic rings. The van der Waals surface area contributed by atoms with E-state index in [2.05, 4.69) is 23.2 Å². The topological polar surface area (TPSA) is 56.1 Å². The Hall–Kier alpha value is -1.86. The molecule has 0 saturated carbocycles. The first-order valence-electron chi connectivity index (χ1n) is 6.23. The second kappa shape index (κ2) is 5.65. The first-order valence-corrected chi connectivity index (χ1v) is 6.23. The number of carbonyl (C=O) groups excluding carboxylic acids is 1. The van der Waals surface area contributed by atoms with Crippen LogP contribution in [0.5, 0.6) is 0 Å². The molecule has 0 aromatic heterocycles. The lowest BCUT2D eigenvalue weighted by atomic mass is 10.2. The molecule has 1 amide bonds. The van der Waals surface area contributed by atoms with Gasteiger partial charge in [0.2, 0.25) is 5.91 Å². The normalized spacial score (nSPS) is 19.4. The minimum atomic E-state index is -0.0496. The maximum atomic E-state index is 11.9. The van der Waals surface area contributed by atoms with Crippen LogP contribution in [0.25, 0.3) is 0 Å². The number of rotatable bonds is 3. The molecule has 1 saturated heterocycles. The Morgan fingerprint density at radius 1 is 1.56 bits per heavy atom. The smallest absolute Gasteiger partial charge is 0.238 e. The van der Waals surface area contributed by atoms with E-state index < -0.39 is 0 Å². The highest BCUT2D eigenvalue weighted by Gasteiger charge is 2.22. The van der Waals surface area contributed by atoms with Crippen LogP contribution >= 0.6 is 0 Å². The Morgan fingerprint density at radius 3 is 3.00 bits per heavy atom. The van der Waals surface area contributed by atoms with E-state index in [1.807, 2.05) is 6.07 Å². The molecule has 4 heteroatoms. The number of amides is 1. The van der Waals surface area contributed by atoms with Crippen molar-refractivity contribution in [1.29, 1.82) is 5.26 Å². The molecule has 0 bridgehead atoms. The zero-order chi connectivity index (χ0) is 13.0. The van der Waals surface area contributed by atoms with Crippen molar-refractivity contribution in [2.45, 2.75) is 25.8 Å². The summed E-state index contributed by atoms with van der Waals surface area (Å²) in [7, 11) is 0. The van der Waals surface area contributed by atoms with Crippen LogP contribution in [0.2, 0.25) is 0 Å². The summed E-state index contributed by atoms with van der Waals surface area (Å²) in [6, 6.07) is 9.61. The molecule has 1 heterocycles. The molecule has 1 aromatic rings. The zero-order valence-corrected chi connectivity index (χ0v) is 10.5. The average molecular weight is 243 g/mol. The van der Waals surface area contributed by atoms with Gasteiger partial charge in [-0.25, -0.2) is 0 Å². The second-order valence-corrected chi connectivity index (χ2v) is 4.67. The molecule has 4 nitrogen and oxygen atoms in total. The van der Waals surface area contributed by atoms with Crippen LogP contribution in [-0.2, 0) is 4.79 Å². The Labute approximate surface area is 107 Å². The molecule has 18 heavy (non-hydrogen) atoms. The number of likely N-dealkylation sites (tertiary alicyclic amines) is 1. The number of nitrogens with zero attached hydrogens (tertiary/aromatic N) is 2. The molecular weight excluding hydrogens is 226 g/mol. The van der Waals surface area contributed by atoms with E-state index in [0.717, 1.165) is 19.4 Å². The second-order valence-electron chi connectivity index (χ2n) is 4.67. The van der Waals surface area contributed by atoms with Gasteiger partial charge in [-0.2, -0.15) is 5.26 Å². The Morgan fingerprint density at radius 2 is 2.33 bits per heavy atom. The van der Waals surface area contributed by atoms with Gasteiger partial charge in [-0.3, -0.25) is 9.69 Å². The Kier molecular flexibility index (Phi) is 3.96. The number of para-hydroxylation sites is 1. The van der Waals surface area contributed by atoms with E-state index in [-0.39, 0.29) is 5.91 Å². The highest BCUT2D eigenvalue weighted by Crippen LogP contribution is 2.17. The minimum Gasteiger partial charge on any atom is -0.324 e. The van der Waals surface area contributed by atoms with Crippen molar-refractivity contribution in [2.75, 3.05) is 18.4 Å². The highest BCUT2D eigenvalue weighted by molar-refractivity contribution is 5.93. The quantitative estimate of drug-likeness (QED) is 0.883. The average Bonchev–Trinajstić information content (AvgIpc) is 2.75. The standard InChI is InChI=1S/C14H17N3O/c1-11-5-4-8-17(11)10-14(18)16-13-7-3-2-6-12(13)9-15/h2-3,6-7,11H,4-5,8,10H2,1H3,(H,16,18). The van der Waals surface area contributed by atoms with E-state index >= 15 is 0 Å². The molecule has 1 aromatic carbocycles. The molecule has 1 aliphatic heterocycles. The summed E-state index contributed by atoms with van der Waals surface area (Å²) in [6.07, 6.45) is 2.31. The van der Waals surface area contributed by atoms with Crippen molar-refractivity contribution in [3.63, 3.8) is 0 Å². The summed E-state index contributed by atoms with van der Waals surface area (Å²) in [5, 5.41) is 11.8. The molecule has 1 atom stereocenters. The van der Waals surface area contributed by atoms with E-state index in [1.165, 1.54) is 0 Å². The number of anilines is 1. The molecule has 1 unspecified atom stereocenters. The molecule has 0 spiro atoms. The van der Waals surface area contributed by atoms with Crippen molar-refractivity contribution >= 4 is 11.6 Å². The van der Waals surface area contributed by atoms with Crippen molar-refractivity contribution in [2.24, 2.45) is 0 Å². The fourth-order valence-corrected chi connectivity index (χ4v) is 2.29. The lowest BCUT2D eigenvalue weighted by Gasteiger charge is -2.20. The SMILES string of the molecule is CC1CCCN1CC(=O)Nc1ccccc1C#N. The van der Waals surface area contributed by atoms with E-state index in [1.54, 1.807) is 18.2 Å². The number of hydrogen-bond acceptors (Lipinski definition) is 3. The van der Waals surface area contributed by atoms with Crippen LogP contribution in [0.3, 0.4) is 0 Å². The van der Waals surface area contributed by atoms with Gasteiger partial charge in [0.05, 0.1) is 17.8 Å². The first-order chi connectivity index (χ1) is 8.70. The van der Waals surface area contributed by atoms with E-state index in [9.17, 15) is 4.79 Å². The number of hydrogen-bond donors (Lipinski definition) is 1. The third-order valence-corrected chi connectivity index (χ3v) is 3.36. The van der Waals surface area contributed by atoms with Gasteiger partial charge in [0, 0.05) is 6.04 Å². The number of benzene rings is 1. The largest absolute Gasteiger partial charge is 0.324 e. The first kappa shape index (κ1) is 12.6. The number of nitrogens with one attached hydrogen (secondary N) is 1. The maximum Gasteiger partial charge on any atom is 0.238 e. The van der Waals surface area contributed by atoms with E-state index in [0.29, 0.717) is 23.8 Å². The summed E-state index contributed by atoms with van der Waals surface area (Å²) >= 11 is 0. The van der Waals surface area contributed by atoms with Crippen molar-refractivity contribution in [3.8, 4) is 6.07 Å². The third kappa shape index (κ3) is 2.88. The van der Waals surface area contributed by atoms with Gasteiger partial charge in [0.1, 0.15) is 6.07 Å². The number of nitriles is 1. The summed E-state index contributed by atoms with van der Waals surface area (Å²) in [4.78, 5) is 14.1. The lowest BCUT2D eigenvalue weighted by molar-refractivity contribution is -0.117. The molecule has 2 rings (SSSR count). The van der Waals surface area contributed by atoms with Crippen molar-refractivity contribution in [3.05, 3.63) is 29.8 Å². The van der Waals surface area contributed by atoms with Crippen LogP contribution in [0, 0.1) is 11.3 Å². The molecule has 0 radical (unpaired) electrons. The zero-order valence-electron chi connectivity index (χ0n) is 10.5. The Bertz CT molecular complexity index is 478. The van der Waals surface area contributed by atoms with Crippen molar-refractivity contribution < 1.29 is 4.79 Å². The van der Waals surface area contributed by atoms with Gasteiger partial charge in [0.15, 0.2) is 0 Å². The fraction of sp³-hybridized carbons (Fsp3) is 0.429. The highest BCUT2D eigenvalue weighted by atomic mass is 16.2. The van der Waals surface area contributed by atoms with Crippen LogP contribution in [0.15, 0.2) is 24.3 Å². The fourth-order valence-electron chi connectivity index (χ4n) is 2.29. The molecule has 94 valence electrons. The van der Waals surface area contributed by atoms with E-state index in [4.69, 9.17) is 5.26 Å². The predicted molar refractivity (Wildman–Crippen MR) is 70.1 cm³/mol. The Balaban J connectivity index is 1.97. The predicted octanol–water partition coefficient (Wildman–Crippen LogP) is 1.98. The molecule has 1 fully saturated rings. The lowest BCUT2D eigenvalue weighted by Crippen LogP contribution is -2.35. The molecule has 0 aliphatic carbocycles. The summed E-state index contributed by atoms with van der Waals surface area (Å²) in [5.74, 6) is -0.0496. The van der Waals surface area contributed by atoms with Gasteiger partial charge in [-0.1, -0.05) is 12.1 Å². The van der Waals surface area contributed by atoms with Crippen LogP contribution in [0.1, 0.15) is 25.3 Å². The van der Waals surface area contributed by atoms with Crippen LogP contribution in [-0.4, -0.2) is 29.9 Å². The minimum absolute atomic E-state index is 0.0496. The number of carbonyl (C=O) groups is 1. The maximum absolute atomic E-state index is 11.9. The van der Waals surface area contributed by atoms with Gasteiger partial charge < -0.3 is 5.32 Å². The van der Waals surface area contributed by atoms with Crippen LogP contribution < -0.4 is 5.32 Å². The van der Waals surface area contributed by atoms with Gasteiger partial charge >= 0.3 is 0 Å². The van der Waals surface area contributed by atoms with Gasteiger partial charge in [-0.15, -0.1) is 0 Å². The van der Waals surface area contributed by atoms with Crippen molar-refractivity contribution in [1.82, 2.24) is 4.90 Å². The van der Waals surface area contributed by atoms with Gasteiger partial charge in [0.25, 0.3) is 0 Å².